The van der Waals surface area contributed by atoms with Crippen molar-refractivity contribution in [3.8, 4) is 11.6 Å². The maximum absolute atomic E-state index is 8.07. The highest BCUT2D eigenvalue weighted by Gasteiger charge is 2.09. The number of amidine groups is 1. The Kier molecular flexibility index (Phi) is 8.19. The van der Waals surface area contributed by atoms with E-state index in [1.807, 2.05) is 20.0 Å². The van der Waals surface area contributed by atoms with Crippen LogP contribution in [0.2, 0.25) is 0 Å². The molecule has 0 spiro atoms. The molecule has 3 N–H and O–H groups in total. The summed E-state index contributed by atoms with van der Waals surface area (Å²) in [5.74, 6) is 1.52. The zero-order valence-electron chi connectivity index (χ0n) is 16.3. The van der Waals surface area contributed by atoms with Crippen molar-refractivity contribution in [2.45, 2.75) is 19.6 Å². The monoisotopic (exact) mass is 372 g/mol. The number of nitrogens with zero attached hydrogens (tertiary/aromatic N) is 1. The predicted molar refractivity (Wildman–Crippen MR) is 106 cm³/mol. The molecule has 0 saturated carbocycles. The van der Waals surface area contributed by atoms with Crippen LogP contribution in [-0.4, -0.2) is 51.5 Å². The molecule has 1 aromatic heterocycles. The van der Waals surface area contributed by atoms with Gasteiger partial charge in [0.1, 0.15) is 11.6 Å². The van der Waals surface area contributed by atoms with Crippen LogP contribution in [0.25, 0.3) is 0 Å². The van der Waals surface area contributed by atoms with Gasteiger partial charge in [-0.15, -0.1) is 0 Å². The molecule has 7 heteroatoms. The molecule has 2 aromatic rings. The van der Waals surface area contributed by atoms with E-state index in [0.717, 1.165) is 24.3 Å². The van der Waals surface area contributed by atoms with Crippen molar-refractivity contribution in [2.24, 2.45) is 0 Å². The number of likely N-dealkylation sites (N-methyl/N-ethyl adjacent to an activating group) is 1. The Hall–Kier alpha value is -2.48. The Morgan fingerprint density at radius 2 is 1.96 bits per heavy atom. The molecular weight excluding hydrogens is 344 g/mol. The van der Waals surface area contributed by atoms with Crippen LogP contribution in [0.1, 0.15) is 16.7 Å². The minimum absolute atomic E-state index is 0.248. The highest BCUT2D eigenvalue weighted by atomic mass is 16.7. The Morgan fingerprint density at radius 1 is 1.19 bits per heavy atom. The molecule has 7 nitrogen and oxygen atoms in total. The van der Waals surface area contributed by atoms with Crippen LogP contribution < -0.4 is 15.4 Å². The van der Waals surface area contributed by atoms with E-state index in [9.17, 15) is 0 Å². The van der Waals surface area contributed by atoms with Crippen molar-refractivity contribution >= 4 is 5.84 Å². The molecule has 27 heavy (non-hydrogen) atoms. The summed E-state index contributed by atoms with van der Waals surface area (Å²) in [7, 11) is 5.06. The number of rotatable bonds is 10. The van der Waals surface area contributed by atoms with E-state index in [0.29, 0.717) is 18.0 Å². The minimum atomic E-state index is -0.403. The number of nitrogens with one attached hydrogen (secondary N) is 3. The van der Waals surface area contributed by atoms with Crippen LogP contribution >= 0.6 is 0 Å². The average molecular weight is 372 g/mol. The Balaban J connectivity index is 1.96. The summed E-state index contributed by atoms with van der Waals surface area (Å²) in [4.78, 5) is 4.30. The van der Waals surface area contributed by atoms with Crippen molar-refractivity contribution in [3.63, 3.8) is 0 Å². The normalized spacial score (nSPS) is 10.9. The third-order valence-electron chi connectivity index (χ3n) is 4.11. The number of benzene rings is 1. The standard InChI is InChI=1S/C20H28N4O3/c1-14-11-15(9-10-22-2)5-7-17(14)27-18-8-6-16(12-23-18)20(21)24-13-19(25-3)26-4/h5-8,11-12,19,22H,9-10,13H2,1-4H3,(H2,21,24). The largest absolute Gasteiger partial charge is 0.439 e. The molecule has 0 saturated heterocycles. The Morgan fingerprint density at radius 3 is 2.56 bits per heavy atom. The fourth-order valence-electron chi connectivity index (χ4n) is 2.50. The van der Waals surface area contributed by atoms with Gasteiger partial charge < -0.3 is 24.8 Å². The lowest BCUT2D eigenvalue weighted by Crippen LogP contribution is -2.34. The SMILES string of the molecule is CNCCc1ccc(Oc2ccc(C(=N)NCC(OC)OC)cn2)c(C)c1. The summed E-state index contributed by atoms with van der Waals surface area (Å²) >= 11 is 0. The lowest BCUT2D eigenvalue weighted by Gasteiger charge is -2.15. The molecule has 0 bridgehead atoms. The minimum Gasteiger partial charge on any atom is -0.439 e. The summed E-state index contributed by atoms with van der Waals surface area (Å²) in [6, 6.07) is 9.71. The molecule has 0 unspecified atom stereocenters. The van der Waals surface area contributed by atoms with E-state index in [-0.39, 0.29) is 5.84 Å². The van der Waals surface area contributed by atoms with Crippen molar-refractivity contribution in [2.75, 3.05) is 34.4 Å². The van der Waals surface area contributed by atoms with E-state index < -0.39 is 6.29 Å². The second-order valence-electron chi connectivity index (χ2n) is 6.10. The highest BCUT2D eigenvalue weighted by molar-refractivity contribution is 5.96. The fourth-order valence-corrected chi connectivity index (χ4v) is 2.50. The third-order valence-corrected chi connectivity index (χ3v) is 4.11. The number of ether oxygens (including phenoxy) is 3. The van der Waals surface area contributed by atoms with Crippen LogP contribution in [0.5, 0.6) is 11.6 Å². The quantitative estimate of drug-likeness (QED) is 0.337. The molecule has 0 fully saturated rings. The molecular formula is C20H28N4O3. The summed E-state index contributed by atoms with van der Waals surface area (Å²) in [5.41, 5.74) is 2.99. The molecule has 0 radical (unpaired) electrons. The van der Waals surface area contributed by atoms with Crippen LogP contribution in [0.15, 0.2) is 36.5 Å². The van der Waals surface area contributed by atoms with Gasteiger partial charge in [0.05, 0.1) is 6.54 Å². The molecule has 1 aromatic carbocycles. The second kappa shape index (κ2) is 10.6. The molecule has 0 aliphatic rings. The van der Waals surface area contributed by atoms with Gasteiger partial charge in [-0.3, -0.25) is 5.41 Å². The van der Waals surface area contributed by atoms with E-state index >= 15 is 0 Å². The molecule has 0 aliphatic heterocycles. The van der Waals surface area contributed by atoms with E-state index in [4.69, 9.17) is 19.6 Å². The van der Waals surface area contributed by atoms with Gasteiger partial charge in [-0.05, 0) is 50.2 Å². The first kappa shape index (κ1) is 20.8. The van der Waals surface area contributed by atoms with Gasteiger partial charge in [0, 0.05) is 32.0 Å². The summed E-state index contributed by atoms with van der Waals surface area (Å²) < 4.78 is 16.1. The fraction of sp³-hybridized carbons (Fsp3) is 0.400. The molecule has 1 heterocycles. The van der Waals surface area contributed by atoms with Crippen LogP contribution in [0.3, 0.4) is 0 Å². The average Bonchev–Trinajstić information content (AvgIpc) is 2.69. The lowest BCUT2D eigenvalue weighted by molar-refractivity contribution is -0.0965. The molecule has 146 valence electrons. The first-order valence-corrected chi connectivity index (χ1v) is 8.83. The molecule has 0 amide bonds. The first-order valence-electron chi connectivity index (χ1n) is 8.83. The summed E-state index contributed by atoms with van der Waals surface area (Å²) in [5, 5.41) is 14.2. The predicted octanol–water partition coefficient (Wildman–Crippen LogP) is 2.48. The number of aromatic nitrogens is 1. The van der Waals surface area contributed by atoms with E-state index in [2.05, 4.69) is 27.8 Å². The van der Waals surface area contributed by atoms with Gasteiger partial charge >= 0.3 is 0 Å². The number of pyridine rings is 1. The second-order valence-corrected chi connectivity index (χ2v) is 6.10. The Bertz CT molecular complexity index is 731. The highest BCUT2D eigenvalue weighted by Crippen LogP contribution is 2.24. The van der Waals surface area contributed by atoms with Crippen molar-refractivity contribution in [1.29, 1.82) is 5.41 Å². The maximum Gasteiger partial charge on any atom is 0.219 e. The van der Waals surface area contributed by atoms with Crippen molar-refractivity contribution < 1.29 is 14.2 Å². The molecule has 2 rings (SSSR count). The van der Waals surface area contributed by atoms with Gasteiger partial charge in [0.25, 0.3) is 0 Å². The number of hydrogen-bond donors (Lipinski definition) is 3. The molecule has 0 atom stereocenters. The van der Waals surface area contributed by atoms with Crippen LogP contribution in [-0.2, 0) is 15.9 Å². The van der Waals surface area contributed by atoms with Crippen molar-refractivity contribution in [1.82, 2.24) is 15.6 Å². The lowest BCUT2D eigenvalue weighted by atomic mass is 10.1. The number of aryl methyl sites for hydroxylation is 1. The van der Waals surface area contributed by atoms with Gasteiger partial charge in [-0.2, -0.15) is 0 Å². The van der Waals surface area contributed by atoms with Gasteiger partial charge in [0.15, 0.2) is 6.29 Å². The zero-order chi connectivity index (χ0) is 19.6. The van der Waals surface area contributed by atoms with Crippen LogP contribution in [0, 0.1) is 12.3 Å². The van der Waals surface area contributed by atoms with Gasteiger partial charge in [-0.1, -0.05) is 12.1 Å². The number of methoxy groups -OCH3 is 2. The number of hydrogen-bond acceptors (Lipinski definition) is 6. The molecule has 0 aliphatic carbocycles. The maximum atomic E-state index is 8.07. The van der Waals surface area contributed by atoms with E-state index in [1.165, 1.54) is 5.56 Å². The van der Waals surface area contributed by atoms with Crippen molar-refractivity contribution in [3.05, 3.63) is 53.2 Å². The topological polar surface area (TPSA) is 88.5 Å². The summed E-state index contributed by atoms with van der Waals surface area (Å²) in [6.07, 6.45) is 2.18. The Labute approximate surface area is 160 Å². The zero-order valence-corrected chi connectivity index (χ0v) is 16.3. The van der Waals surface area contributed by atoms with Gasteiger partial charge in [-0.25, -0.2) is 4.98 Å². The van der Waals surface area contributed by atoms with Gasteiger partial charge in [0.2, 0.25) is 5.88 Å². The first-order chi connectivity index (χ1) is 13.1. The van der Waals surface area contributed by atoms with E-state index in [1.54, 1.807) is 32.5 Å². The van der Waals surface area contributed by atoms with Crippen LogP contribution in [0.4, 0.5) is 0 Å². The summed E-state index contributed by atoms with van der Waals surface area (Å²) in [6.45, 7) is 3.34. The smallest absolute Gasteiger partial charge is 0.219 e. The third kappa shape index (κ3) is 6.32.